The van der Waals surface area contributed by atoms with E-state index in [1.807, 2.05) is 18.2 Å². The summed E-state index contributed by atoms with van der Waals surface area (Å²) in [4.78, 5) is 15.6. The summed E-state index contributed by atoms with van der Waals surface area (Å²) in [7, 11) is 0. The lowest BCUT2D eigenvalue weighted by Gasteiger charge is -2.16. The third kappa shape index (κ3) is 4.12. The average molecular weight is 425 g/mol. The number of benzene rings is 2. The molecule has 8 heteroatoms. The van der Waals surface area contributed by atoms with Gasteiger partial charge in [-0.1, -0.05) is 35.9 Å². The molecule has 0 aliphatic rings. The van der Waals surface area contributed by atoms with Crippen molar-refractivity contribution in [2.75, 3.05) is 6.61 Å². The lowest BCUT2D eigenvalue weighted by atomic mass is 10.0. The topological polar surface area (TPSA) is 93.8 Å². The standard InChI is InChI=1S/C22H18ClFN4O2/c23-16-3-1-2-14(8-16)18-11-26-28-21(18)15-9-19(25-10-15)22(30)27-20(12-29)13-4-6-17(24)7-5-13/h1-11,20,25,29H,12H2,(H,26,28)(H,27,30). The summed E-state index contributed by atoms with van der Waals surface area (Å²) < 4.78 is 13.1. The number of aliphatic hydroxyl groups is 1. The van der Waals surface area contributed by atoms with Gasteiger partial charge in [0.2, 0.25) is 0 Å². The lowest BCUT2D eigenvalue weighted by Crippen LogP contribution is -2.31. The number of carbonyl (C=O) groups is 1. The number of amides is 1. The van der Waals surface area contributed by atoms with Gasteiger partial charge in [0.1, 0.15) is 11.5 Å². The zero-order valence-corrected chi connectivity index (χ0v) is 16.4. The normalized spacial score (nSPS) is 12.0. The third-order valence-electron chi connectivity index (χ3n) is 4.75. The Bertz CT molecular complexity index is 1170. The molecule has 30 heavy (non-hydrogen) atoms. The van der Waals surface area contributed by atoms with Gasteiger partial charge in [-0.25, -0.2) is 4.39 Å². The molecule has 6 nitrogen and oxygen atoms in total. The molecule has 2 aromatic heterocycles. The molecule has 0 saturated heterocycles. The Hall–Kier alpha value is -3.42. The molecular weight excluding hydrogens is 407 g/mol. The van der Waals surface area contributed by atoms with E-state index in [2.05, 4.69) is 20.5 Å². The number of carbonyl (C=O) groups excluding carboxylic acids is 1. The minimum atomic E-state index is -0.654. The van der Waals surface area contributed by atoms with E-state index in [1.165, 1.54) is 24.3 Å². The van der Waals surface area contributed by atoms with E-state index in [-0.39, 0.29) is 12.4 Å². The number of hydrogen-bond donors (Lipinski definition) is 4. The molecule has 0 fully saturated rings. The van der Waals surface area contributed by atoms with Gasteiger partial charge in [-0.15, -0.1) is 0 Å². The van der Waals surface area contributed by atoms with Crippen LogP contribution in [0.15, 0.2) is 67.0 Å². The Morgan fingerprint density at radius 3 is 2.70 bits per heavy atom. The summed E-state index contributed by atoms with van der Waals surface area (Å²) in [5.41, 5.74) is 4.16. The fourth-order valence-electron chi connectivity index (χ4n) is 3.22. The smallest absolute Gasteiger partial charge is 0.268 e. The van der Waals surface area contributed by atoms with Crippen LogP contribution in [0.5, 0.6) is 0 Å². The molecule has 4 rings (SSSR count). The summed E-state index contributed by atoms with van der Waals surface area (Å²) in [5, 5.41) is 20.1. The van der Waals surface area contributed by atoms with Gasteiger partial charge in [-0.3, -0.25) is 9.89 Å². The molecule has 0 spiro atoms. The monoisotopic (exact) mass is 424 g/mol. The second-order valence-electron chi connectivity index (χ2n) is 6.73. The zero-order valence-electron chi connectivity index (χ0n) is 15.7. The van der Waals surface area contributed by atoms with Crippen LogP contribution in [-0.2, 0) is 0 Å². The van der Waals surface area contributed by atoms with Gasteiger partial charge in [0.15, 0.2) is 0 Å². The second kappa shape index (κ2) is 8.52. The number of rotatable bonds is 6. The molecule has 1 atom stereocenters. The van der Waals surface area contributed by atoms with Crippen molar-refractivity contribution in [3.05, 3.63) is 89.1 Å². The van der Waals surface area contributed by atoms with Crippen LogP contribution in [0, 0.1) is 5.82 Å². The van der Waals surface area contributed by atoms with Gasteiger partial charge in [0.05, 0.1) is 24.5 Å². The second-order valence-corrected chi connectivity index (χ2v) is 7.17. The van der Waals surface area contributed by atoms with Gasteiger partial charge in [-0.05, 0) is 41.5 Å². The van der Waals surface area contributed by atoms with Crippen molar-refractivity contribution in [1.82, 2.24) is 20.5 Å². The van der Waals surface area contributed by atoms with Crippen LogP contribution in [0.2, 0.25) is 5.02 Å². The number of aliphatic hydroxyl groups excluding tert-OH is 1. The molecule has 152 valence electrons. The number of aromatic nitrogens is 3. The van der Waals surface area contributed by atoms with E-state index in [1.54, 1.807) is 24.5 Å². The predicted octanol–water partition coefficient (Wildman–Crippen LogP) is 4.33. The summed E-state index contributed by atoms with van der Waals surface area (Å²) in [6.45, 7) is -0.315. The van der Waals surface area contributed by atoms with E-state index >= 15 is 0 Å². The van der Waals surface area contributed by atoms with E-state index in [9.17, 15) is 14.3 Å². The number of H-pyrrole nitrogens is 2. The molecule has 4 aromatic rings. The first-order valence-corrected chi connectivity index (χ1v) is 9.58. The Kier molecular flexibility index (Phi) is 5.65. The predicted molar refractivity (Wildman–Crippen MR) is 113 cm³/mol. The first kappa shape index (κ1) is 19.9. The van der Waals surface area contributed by atoms with Crippen molar-refractivity contribution in [3.8, 4) is 22.4 Å². The molecule has 0 aliphatic carbocycles. The van der Waals surface area contributed by atoms with Gasteiger partial charge < -0.3 is 15.4 Å². The van der Waals surface area contributed by atoms with Crippen LogP contribution in [0.1, 0.15) is 22.1 Å². The Balaban J connectivity index is 1.55. The molecule has 0 bridgehead atoms. The highest BCUT2D eigenvalue weighted by Crippen LogP contribution is 2.31. The van der Waals surface area contributed by atoms with E-state index in [0.29, 0.717) is 16.3 Å². The molecule has 0 aliphatic heterocycles. The maximum absolute atomic E-state index is 13.1. The summed E-state index contributed by atoms with van der Waals surface area (Å²) in [6, 6.07) is 14.1. The van der Waals surface area contributed by atoms with Crippen LogP contribution < -0.4 is 5.32 Å². The summed E-state index contributed by atoms with van der Waals surface area (Å²) in [5.74, 6) is -0.778. The van der Waals surface area contributed by atoms with Crippen molar-refractivity contribution in [2.45, 2.75) is 6.04 Å². The highest BCUT2D eigenvalue weighted by molar-refractivity contribution is 6.30. The number of halogens is 2. The quantitative estimate of drug-likeness (QED) is 0.371. The maximum atomic E-state index is 13.1. The first-order valence-electron chi connectivity index (χ1n) is 9.20. The van der Waals surface area contributed by atoms with E-state index in [4.69, 9.17) is 11.6 Å². The Labute approximate surface area is 176 Å². The Morgan fingerprint density at radius 2 is 1.97 bits per heavy atom. The van der Waals surface area contributed by atoms with Crippen LogP contribution in [0.4, 0.5) is 4.39 Å². The molecule has 1 amide bonds. The molecular formula is C22H18ClFN4O2. The fraction of sp³-hybridized carbons (Fsp3) is 0.0909. The molecule has 2 aromatic carbocycles. The van der Waals surface area contributed by atoms with Gasteiger partial charge in [0, 0.05) is 22.3 Å². The number of nitrogens with one attached hydrogen (secondary N) is 3. The molecule has 0 saturated carbocycles. The van der Waals surface area contributed by atoms with Crippen LogP contribution in [-0.4, -0.2) is 32.8 Å². The van der Waals surface area contributed by atoms with Crippen LogP contribution in [0.25, 0.3) is 22.4 Å². The molecule has 2 heterocycles. The van der Waals surface area contributed by atoms with Crippen molar-refractivity contribution in [2.24, 2.45) is 0 Å². The minimum absolute atomic E-state index is 0.315. The molecule has 4 N–H and O–H groups in total. The Morgan fingerprint density at radius 1 is 1.17 bits per heavy atom. The van der Waals surface area contributed by atoms with Crippen molar-refractivity contribution < 1.29 is 14.3 Å². The lowest BCUT2D eigenvalue weighted by molar-refractivity contribution is 0.0912. The largest absolute Gasteiger partial charge is 0.394 e. The fourth-order valence-corrected chi connectivity index (χ4v) is 3.41. The highest BCUT2D eigenvalue weighted by atomic mass is 35.5. The van der Waals surface area contributed by atoms with Gasteiger partial charge in [-0.2, -0.15) is 5.10 Å². The van der Waals surface area contributed by atoms with Crippen LogP contribution in [0.3, 0.4) is 0 Å². The number of hydrogen-bond acceptors (Lipinski definition) is 3. The SMILES string of the molecule is O=C(NC(CO)c1ccc(F)cc1)c1cc(-c2[nH]ncc2-c2cccc(Cl)c2)c[nH]1. The molecule has 0 radical (unpaired) electrons. The minimum Gasteiger partial charge on any atom is -0.394 e. The van der Waals surface area contributed by atoms with Crippen molar-refractivity contribution in [3.63, 3.8) is 0 Å². The first-order chi connectivity index (χ1) is 14.5. The van der Waals surface area contributed by atoms with E-state index < -0.39 is 11.9 Å². The van der Waals surface area contributed by atoms with Crippen molar-refractivity contribution >= 4 is 17.5 Å². The summed E-state index contributed by atoms with van der Waals surface area (Å²) in [6.07, 6.45) is 3.40. The summed E-state index contributed by atoms with van der Waals surface area (Å²) >= 11 is 6.10. The average Bonchev–Trinajstić information content (AvgIpc) is 3.42. The number of nitrogens with zero attached hydrogens (tertiary/aromatic N) is 1. The van der Waals surface area contributed by atoms with Crippen LogP contribution >= 0.6 is 11.6 Å². The molecule has 1 unspecified atom stereocenters. The van der Waals surface area contributed by atoms with Gasteiger partial charge >= 0.3 is 0 Å². The highest BCUT2D eigenvalue weighted by Gasteiger charge is 2.18. The maximum Gasteiger partial charge on any atom is 0.268 e. The number of aromatic amines is 2. The van der Waals surface area contributed by atoms with Gasteiger partial charge in [0.25, 0.3) is 5.91 Å². The third-order valence-corrected chi connectivity index (χ3v) is 4.99. The van der Waals surface area contributed by atoms with E-state index in [0.717, 1.165) is 22.4 Å². The zero-order chi connectivity index (χ0) is 21.1. The van der Waals surface area contributed by atoms with Crippen molar-refractivity contribution in [1.29, 1.82) is 0 Å².